The lowest BCUT2D eigenvalue weighted by molar-refractivity contribution is -0.384. The molecule has 1 aromatic heterocycles. The molecule has 1 fully saturated rings. The first-order valence-corrected chi connectivity index (χ1v) is 7.29. The number of nitrogens with zero attached hydrogens (tertiary/aromatic N) is 3. The van der Waals surface area contributed by atoms with Crippen molar-refractivity contribution in [3.63, 3.8) is 0 Å². The Hall–Kier alpha value is -3.18. The molecule has 0 spiro atoms. The Labute approximate surface area is 142 Å². The van der Waals surface area contributed by atoms with Crippen LogP contribution in [0.1, 0.15) is 16.9 Å². The van der Waals surface area contributed by atoms with E-state index in [-0.39, 0.29) is 16.8 Å². The lowest BCUT2D eigenvalue weighted by Gasteiger charge is -2.27. The van der Waals surface area contributed by atoms with Crippen LogP contribution in [0.4, 0.5) is 18.9 Å². The van der Waals surface area contributed by atoms with Crippen LogP contribution < -0.4 is 0 Å². The predicted molar refractivity (Wildman–Crippen MR) is 79.4 cm³/mol. The molecule has 1 aliphatic rings. The molecule has 0 bridgehead atoms. The quantitative estimate of drug-likeness (QED) is 0.626. The highest BCUT2D eigenvalue weighted by Gasteiger charge is 2.64. The Kier molecular flexibility index (Phi) is 3.85. The van der Waals surface area contributed by atoms with Crippen LogP contribution in [0.5, 0.6) is 0 Å². The van der Waals surface area contributed by atoms with Crippen LogP contribution in [0.15, 0.2) is 18.2 Å². The van der Waals surface area contributed by atoms with Gasteiger partial charge in [-0.05, 0) is 12.5 Å². The fourth-order valence-electron chi connectivity index (χ4n) is 2.94. The van der Waals surface area contributed by atoms with Crippen LogP contribution in [0.2, 0.25) is 0 Å². The largest absolute Gasteiger partial charge is 0.481 e. The zero-order chi connectivity index (χ0) is 19.3. The van der Waals surface area contributed by atoms with E-state index in [9.17, 15) is 32.9 Å². The molecule has 2 aromatic rings. The number of hydrogen-bond acceptors (Lipinski definition) is 5. The number of aromatic nitrogens is 2. The summed E-state index contributed by atoms with van der Waals surface area (Å²) in [5.74, 6) is -2.98. The number of non-ortho nitro benzene ring substituents is 1. The molecule has 3 rings (SSSR count). The van der Waals surface area contributed by atoms with E-state index in [1.807, 2.05) is 0 Å². The first kappa shape index (κ1) is 17.6. The SMILES string of the molecule is O=C(c1n[nH]c2ccc([N+](=O)[O-])cc12)N1CCC(C(=O)O)(C(F)(F)F)C1. The number of nitro groups is 1. The summed E-state index contributed by atoms with van der Waals surface area (Å²) in [5.41, 5.74) is -3.36. The number of alkyl halides is 3. The van der Waals surface area contributed by atoms with Crippen molar-refractivity contribution in [2.45, 2.75) is 12.6 Å². The molecule has 1 unspecified atom stereocenters. The van der Waals surface area contributed by atoms with Gasteiger partial charge in [-0.3, -0.25) is 24.8 Å². The molecule has 1 aliphatic heterocycles. The molecule has 1 amide bonds. The minimum absolute atomic E-state index is 0.0732. The van der Waals surface area contributed by atoms with Crippen molar-refractivity contribution >= 4 is 28.5 Å². The van der Waals surface area contributed by atoms with Crippen molar-refractivity contribution in [2.75, 3.05) is 13.1 Å². The molecule has 138 valence electrons. The summed E-state index contributed by atoms with van der Waals surface area (Å²) < 4.78 is 39.7. The van der Waals surface area contributed by atoms with Gasteiger partial charge in [-0.2, -0.15) is 18.3 Å². The van der Waals surface area contributed by atoms with Crippen molar-refractivity contribution in [2.24, 2.45) is 5.41 Å². The fraction of sp³-hybridized carbons (Fsp3) is 0.357. The van der Waals surface area contributed by atoms with E-state index in [0.29, 0.717) is 5.52 Å². The van der Waals surface area contributed by atoms with Gasteiger partial charge in [-0.25, -0.2) is 0 Å². The predicted octanol–water partition coefficient (Wildman–Crippen LogP) is 1.95. The summed E-state index contributed by atoms with van der Waals surface area (Å²) in [4.78, 5) is 34.7. The van der Waals surface area contributed by atoms with Crippen molar-refractivity contribution in [1.82, 2.24) is 15.1 Å². The number of H-pyrrole nitrogens is 1. The topological polar surface area (TPSA) is 129 Å². The summed E-state index contributed by atoms with van der Waals surface area (Å²) in [6.07, 6.45) is -5.81. The van der Waals surface area contributed by atoms with Gasteiger partial charge in [0.15, 0.2) is 11.1 Å². The van der Waals surface area contributed by atoms with Gasteiger partial charge in [0.2, 0.25) is 0 Å². The number of benzene rings is 1. The fourth-order valence-corrected chi connectivity index (χ4v) is 2.94. The number of aliphatic carboxylic acids is 1. The first-order valence-electron chi connectivity index (χ1n) is 7.29. The van der Waals surface area contributed by atoms with E-state index >= 15 is 0 Å². The van der Waals surface area contributed by atoms with Gasteiger partial charge in [0, 0.05) is 30.6 Å². The number of carbonyl (C=O) groups excluding carboxylic acids is 1. The summed E-state index contributed by atoms with van der Waals surface area (Å²) in [6, 6.07) is 3.58. The highest BCUT2D eigenvalue weighted by molar-refractivity contribution is 6.05. The molecule has 9 nitrogen and oxygen atoms in total. The molecule has 12 heteroatoms. The molecule has 0 radical (unpaired) electrons. The Morgan fingerprint density at radius 2 is 2.08 bits per heavy atom. The average Bonchev–Trinajstić information content (AvgIpc) is 3.18. The Morgan fingerprint density at radius 1 is 1.38 bits per heavy atom. The Morgan fingerprint density at radius 3 is 2.62 bits per heavy atom. The van der Waals surface area contributed by atoms with Gasteiger partial charge in [0.05, 0.1) is 10.4 Å². The normalized spacial score (nSPS) is 20.5. The highest BCUT2D eigenvalue weighted by Crippen LogP contribution is 2.46. The molecular formula is C14H11F3N4O5. The highest BCUT2D eigenvalue weighted by atomic mass is 19.4. The van der Waals surface area contributed by atoms with Gasteiger partial charge in [0.25, 0.3) is 11.6 Å². The third-order valence-corrected chi connectivity index (χ3v) is 4.47. The van der Waals surface area contributed by atoms with E-state index in [2.05, 4.69) is 10.2 Å². The number of likely N-dealkylation sites (tertiary alicyclic amines) is 1. The number of aromatic amines is 1. The van der Waals surface area contributed by atoms with Crippen LogP contribution in [0.3, 0.4) is 0 Å². The maximum Gasteiger partial charge on any atom is 0.406 e. The Bertz CT molecular complexity index is 925. The molecule has 26 heavy (non-hydrogen) atoms. The number of nitrogens with one attached hydrogen (secondary N) is 1. The summed E-state index contributed by atoms with van der Waals surface area (Å²) in [7, 11) is 0. The van der Waals surface area contributed by atoms with Crippen LogP contribution >= 0.6 is 0 Å². The Balaban J connectivity index is 1.96. The number of halogens is 3. The van der Waals surface area contributed by atoms with Gasteiger partial charge in [-0.1, -0.05) is 0 Å². The van der Waals surface area contributed by atoms with E-state index in [1.165, 1.54) is 12.1 Å². The maximum absolute atomic E-state index is 13.2. The average molecular weight is 372 g/mol. The zero-order valence-corrected chi connectivity index (χ0v) is 12.9. The lowest BCUT2D eigenvalue weighted by atomic mass is 9.86. The third-order valence-electron chi connectivity index (χ3n) is 4.47. The minimum atomic E-state index is -5.03. The van der Waals surface area contributed by atoms with E-state index in [4.69, 9.17) is 5.11 Å². The maximum atomic E-state index is 13.2. The minimum Gasteiger partial charge on any atom is -0.481 e. The van der Waals surface area contributed by atoms with Gasteiger partial charge in [0.1, 0.15) is 0 Å². The number of carbonyl (C=O) groups is 2. The summed E-state index contributed by atoms with van der Waals surface area (Å²) >= 11 is 0. The number of rotatable bonds is 3. The molecular weight excluding hydrogens is 361 g/mol. The molecule has 0 saturated carbocycles. The van der Waals surface area contributed by atoms with E-state index in [1.54, 1.807) is 0 Å². The molecule has 1 atom stereocenters. The molecule has 0 aliphatic carbocycles. The molecule has 1 aromatic carbocycles. The van der Waals surface area contributed by atoms with Gasteiger partial charge in [-0.15, -0.1) is 0 Å². The van der Waals surface area contributed by atoms with Crippen molar-refractivity contribution in [1.29, 1.82) is 0 Å². The van der Waals surface area contributed by atoms with E-state index < -0.39 is 47.9 Å². The van der Waals surface area contributed by atoms with Crippen molar-refractivity contribution in [3.8, 4) is 0 Å². The number of hydrogen-bond donors (Lipinski definition) is 2. The van der Waals surface area contributed by atoms with Crippen LogP contribution in [0.25, 0.3) is 10.9 Å². The van der Waals surface area contributed by atoms with Gasteiger partial charge >= 0.3 is 12.1 Å². The first-order chi connectivity index (χ1) is 12.1. The number of fused-ring (bicyclic) bond motifs is 1. The zero-order valence-electron chi connectivity index (χ0n) is 12.9. The molecule has 2 N–H and O–H groups in total. The van der Waals surface area contributed by atoms with Crippen LogP contribution in [0, 0.1) is 15.5 Å². The van der Waals surface area contributed by atoms with Gasteiger partial charge < -0.3 is 10.0 Å². The lowest BCUT2D eigenvalue weighted by Crippen LogP contribution is -2.47. The van der Waals surface area contributed by atoms with E-state index in [0.717, 1.165) is 11.0 Å². The van der Waals surface area contributed by atoms with Crippen LogP contribution in [-0.4, -0.2) is 56.3 Å². The standard InChI is InChI=1S/C14H11F3N4O5/c15-14(16,17)13(12(23)24)3-4-20(6-13)11(22)10-8-5-7(21(25)26)1-2-9(8)18-19-10/h1-2,5H,3-4,6H2,(H,18,19)(H,23,24). The number of carboxylic acid groups (broad SMARTS) is 1. The smallest absolute Gasteiger partial charge is 0.406 e. The second-order valence-electron chi connectivity index (χ2n) is 5.92. The third kappa shape index (κ3) is 2.53. The summed E-state index contributed by atoms with van der Waals surface area (Å²) in [5, 5.41) is 26.2. The number of amides is 1. The second kappa shape index (κ2) is 5.68. The second-order valence-corrected chi connectivity index (χ2v) is 5.92. The van der Waals surface area contributed by atoms with Crippen molar-refractivity contribution < 1.29 is 32.8 Å². The molecule has 1 saturated heterocycles. The number of nitro benzene ring substituents is 1. The van der Waals surface area contributed by atoms with Crippen molar-refractivity contribution in [3.05, 3.63) is 34.0 Å². The monoisotopic (exact) mass is 372 g/mol. The van der Waals surface area contributed by atoms with Crippen LogP contribution in [-0.2, 0) is 4.79 Å². The molecule has 2 heterocycles. The number of carboxylic acids is 1. The summed E-state index contributed by atoms with van der Waals surface area (Å²) in [6.45, 7) is -1.47.